The third-order valence-corrected chi connectivity index (χ3v) is 6.40. The maximum atomic E-state index is 14.7. The highest BCUT2D eigenvalue weighted by atomic mass is 35.5. The number of nitrogens with zero attached hydrogens (tertiary/aromatic N) is 2. The summed E-state index contributed by atoms with van der Waals surface area (Å²) in [6.07, 6.45) is 9.77. The monoisotopic (exact) mass is 447 g/mol. The van der Waals surface area contributed by atoms with Crippen LogP contribution in [0.15, 0.2) is 24.5 Å². The Hall–Kier alpha value is -1.96. The molecule has 0 radical (unpaired) electrons. The van der Waals surface area contributed by atoms with Crippen LogP contribution in [0, 0.1) is 11.7 Å². The maximum absolute atomic E-state index is 14.7. The van der Waals surface area contributed by atoms with Crippen molar-refractivity contribution in [2.45, 2.75) is 50.6 Å². The van der Waals surface area contributed by atoms with Crippen molar-refractivity contribution in [3.05, 3.63) is 35.5 Å². The number of nitrogens with one attached hydrogen (secondary N) is 3. The van der Waals surface area contributed by atoms with Gasteiger partial charge in [-0.15, -0.1) is 0 Å². The van der Waals surface area contributed by atoms with E-state index in [1.807, 2.05) is 6.07 Å². The van der Waals surface area contributed by atoms with Gasteiger partial charge in [0.05, 0.1) is 24.7 Å². The summed E-state index contributed by atoms with van der Waals surface area (Å²) in [5, 5.41) is 10.7. The van der Waals surface area contributed by atoms with Crippen molar-refractivity contribution >= 4 is 23.1 Å². The second-order valence-electron chi connectivity index (χ2n) is 8.58. The fourth-order valence-electron chi connectivity index (χ4n) is 4.06. The molecule has 2 aliphatic rings. The largest absolute Gasteiger partial charge is 0.384 e. The second-order valence-corrected chi connectivity index (χ2v) is 8.93. The van der Waals surface area contributed by atoms with E-state index in [0.717, 1.165) is 57.0 Å². The van der Waals surface area contributed by atoms with E-state index in [9.17, 15) is 4.39 Å². The zero-order valence-corrected chi connectivity index (χ0v) is 18.7. The molecule has 2 aromatic heterocycles. The number of hydrogen-bond acceptors (Lipinski definition) is 6. The Bertz CT molecular complexity index is 871. The van der Waals surface area contributed by atoms with Gasteiger partial charge in [-0.2, -0.15) is 0 Å². The highest BCUT2D eigenvalue weighted by molar-refractivity contribution is 6.32. The Morgan fingerprint density at radius 1 is 1.03 bits per heavy atom. The first kappa shape index (κ1) is 22.2. The summed E-state index contributed by atoms with van der Waals surface area (Å²) in [6, 6.07) is 4.47. The van der Waals surface area contributed by atoms with E-state index in [-0.39, 0.29) is 5.15 Å². The second kappa shape index (κ2) is 10.6. The molecule has 0 aromatic carbocycles. The molecule has 2 aliphatic carbocycles. The highest BCUT2D eigenvalue weighted by Crippen LogP contribution is 2.33. The minimum atomic E-state index is -0.403. The van der Waals surface area contributed by atoms with Crippen LogP contribution < -0.4 is 16.0 Å². The normalized spacial score (nSPS) is 21.1. The lowest BCUT2D eigenvalue weighted by Crippen LogP contribution is -2.38. The molecule has 168 valence electrons. The van der Waals surface area contributed by atoms with E-state index in [0.29, 0.717) is 29.0 Å². The van der Waals surface area contributed by atoms with E-state index in [4.69, 9.17) is 16.3 Å². The molecule has 2 heterocycles. The van der Waals surface area contributed by atoms with E-state index in [1.54, 1.807) is 19.4 Å². The summed E-state index contributed by atoms with van der Waals surface area (Å²) < 4.78 is 19.8. The first-order valence-electron chi connectivity index (χ1n) is 11.2. The van der Waals surface area contributed by atoms with Crippen molar-refractivity contribution in [2.24, 2.45) is 5.92 Å². The lowest BCUT2D eigenvalue weighted by Gasteiger charge is -2.30. The maximum Gasteiger partial charge on any atom is 0.149 e. The number of pyridine rings is 2. The van der Waals surface area contributed by atoms with Crippen molar-refractivity contribution in [3.63, 3.8) is 0 Å². The Morgan fingerprint density at radius 3 is 2.55 bits per heavy atom. The van der Waals surface area contributed by atoms with Gasteiger partial charge < -0.3 is 20.7 Å². The molecule has 0 atom stereocenters. The quantitative estimate of drug-likeness (QED) is 0.361. The van der Waals surface area contributed by atoms with Gasteiger partial charge in [-0.05, 0) is 56.6 Å². The van der Waals surface area contributed by atoms with Gasteiger partial charge in [-0.3, -0.25) is 0 Å². The van der Waals surface area contributed by atoms with Gasteiger partial charge in [0, 0.05) is 43.4 Å². The van der Waals surface area contributed by atoms with Gasteiger partial charge in [-0.1, -0.05) is 11.6 Å². The lowest BCUT2D eigenvalue weighted by molar-refractivity contribution is 0.191. The molecule has 4 rings (SSSR count). The molecule has 31 heavy (non-hydrogen) atoms. The predicted octanol–water partition coefficient (Wildman–Crippen LogP) is 4.72. The number of halogens is 2. The number of hydrogen-bond donors (Lipinski definition) is 3. The minimum absolute atomic E-state index is 0.288. The topological polar surface area (TPSA) is 71.1 Å². The van der Waals surface area contributed by atoms with Crippen molar-refractivity contribution in [2.75, 3.05) is 37.4 Å². The van der Waals surface area contributed by atoms with Crippen LogP contribution in [-0.4, -0.2) is 48.9 Å². The van der Waals surface area contributed by atoms with E-state index >= 15 is 0 Å². The van der Waals surface area contributed by atoms with E-state index in [2.05, 4.69) is 25.9 Å². The van der Waals surface area contributed by atoms with Crippen molar-refractivity contribution in [3.8, 4) is 11.1 Å². The average molecular weight is 448 g/mol. The molecule has 2 fully saturated rings. The van der Waals surface area contributed by atoms with E-state index < -0.39 is 5.82 Å². The summed E-state index contributed by atoms with van der Waals surface area (Å²) in [6.45, 7) is 2.53. The van der Waals surface area contributed by atoms with Crippen LogP contribution >= 0.6 is 11.6 Å². The Labute approximate surface area is 188 Å². The van der Waals surface area contributed by atoms with Crippen LogP contribution in [0.3, 0.4) is 0 Å². The number of aromatic nitrogens is 2. The lowest BCUT2D eigenvalue weighted by atomic mass is 9.91. The third-order valence-electron chi connectivity index (χ3n) is 6.09. The molecule has 8 heteroatoms. The summed E-state index contributed by atoms with van der Waals surface area (Å²) in [7, 11) is 1.72. The van der Waals surface area contributed by atoms with Gasteiger partial charge in [0.1, 0.15) is 16.8 Å². The summed E-state index contributed by atoms with van der Waals surface area (Å²) in [4.78, 5) is 8.52. The Kier molecular flexibility index (Phi) is 7.58. The van der Waals surface area contributed by atoms with Gasteiger partial charge in [0.25, 0.3) is 0 Å². The highest BCUT2D eigenvalue weighted by Gasteiger charge is 2.22. The molecule has 0 unspecified atom stereocenters. The molecule has 0 aliphatic heterocycles. The van der Waals surface area contributed by atoms with Crippen LogP contribution in [0.5, 0.6) is 0 Å². The number of rotatable bonds is 10. The molecular weight excluding hydrogens is 417 g/mol. The standard InChI is InChI=1S/C23H31ClFN5O/c1-31-9-8-26-16-4-6-17(7-5-16)30-22-11-19(21(25)14-28-22)20-10-18(13-29-23(20)24)27-12-15-2-3-15/h10-11,13-17,26-27H,2-9,12H2,1H3,(H,28,30)/t16-,17-. The average Bonchev–Trinajstić information content (AvgIpc) is 3.61. The Balaban J connectivity index is 1.40. The molecule has 0 bridgehead atoms. The van der Waals surface area contributed by atoms with Crippen LogP contribution in [0.2, 0.25) is 5.15 Å². The first-order chi connectivity index (χ1) is 15.1. The molecule has 2 saturated carbocycles. The van der Waals surface area contributed by atoms with Gasteiger partial charge in [-0.25, -0.2) is 14.4 Å². The molecule has 0 saturated heterocycles. The fraction of sp³-hybridized carbons (Fsp3) is 0.565. The molecule has 0 spiro atoms. The van der Waals surface area contributed by atoms with Crippen LogP contribution in [0.25, 0.3) is 11.1 Å². The van der Waals surface area contributed by atoms with Crippen molar-refractivity contribution < 1.29 is 9.13 Å². The zero-order chi connectivity index (χ0) is 21.6. The molecule has 0 amide bonds. The number of ether oxygens (including phenoxy) is 1. The molecule has 6 nitrogen and oxygen atoms in total. The van der Waals surface area contributed by atoms with Crippen LogP contribution in [0.1, 0.15) is 38.5 Å². The summed E-state index contributed by atoms with van der Waals surface area (Å²) in [5.74, 6) is 0.997. The summed E-state index contributed by atoms with van der Waals surface area (Å²) >= 11 is 6.33. The van der Waals surface area contributed by atoms with Crippen molar-refractivity contribution in [1.82, 2.24) is 15.3 Å². The minimum Gasteiger partial charge on any atom is -0.384 e. The zero-order valence-electron chi connectivity index (χ0n) is 18.0. The molecular formula is C23H31ClFN5O. The predicted molar refractivity (Wildman–Crippen MR) is 123 cm³/mol. The van der Waals surface area contributed by atoms with Gasteiger partial charge >= 0.3 is 0 Å². The Morgan fingerprint density at radius 2 is 1.81 bits per heavy atom. The molecule has 2 aromatic rings. The summed E-state index contributed by atoms with van der Waals surface area (Å²) in [5.41, 5.74) is 1.85. The molecule has 3 N–H and O–H groups in total. The third kappa shape index (κ3) is 6.28. The van der Waals surface area contributed by atoms with Crippen LogP contribution in [0.4, 0.5) is 15.9 Å². The van der Waals surface area contributed by atoms with Crippen molar-refractivity contribution in [1.29, 1.82) is 0 Å². The SMILES string of the molecule is COCCN[C@H]1CC[C@H](Nc2cc(-c3cc(NCC4CC4)cnc3Cl)c(F)cn2)CC1. The fourth-order valence-corrected chi connectivity index (χ4v) is 4.26. The van der Waals surface area contributed by atoms with Gasteiger partial charge in [0.15, 0.2) is 0 Å². The number of methoxy groups -OCH3 is 1. The van der Waals surface area contributed by atoms with Gasteiger partial charge in [0.2, 0.25) is 0 Å². The van der Waals surface area contributed by atoms with E-state index in [1.165, 1.54) is 19.0 Å². The number of anilines is 2. The van der Waals surface area contributed by atoms with Crippen LogP contribution in [-0.2, 0) is 4.74 Å². The smallest absolute Gasteiger partial charge is 0.149 e. The first-order valence-corrected chi connectivity index (χ1v) is 11.5.